The van der Waals surface area contributed by atoms with Gasteiger partial charge in [-0.1, -0.05) is 66.2 Å². The van der Waals surface area contributed by atoms with E-state index in [0.717, 1.165) is 50.9 Å². The van der Waals surface area contributed by atoms with Crippen LogP contribution in [0.4, 0.5) is 17.3 Å². The van der Waals surface area contributed by atoms with Crippen molar-refractivity contribution in [2.24, 2.45) is 5.10 Å². The van der Waals surface area contributed by atoms with Gasteiger partial charge < -0.3 is 4.90 Å². The number of hydrogen-bond donors (Lipinski definition) is 1. The van der Waals surface area contributed by atoms with Gasteiger partial charge in [-0.3, -0.25) is 4.72 Å². The van der Waals surface area contributed by atoms with Crippen LogP contribution >= 0.6 is 11.6 Å². The normalized spacial score (nSPS) is 15.1. The molecule has 0 bridgehead atoms. The molecule has 1 unspecified atom stereocenters. The Hall–Kier alpha value is -4.47. The van der Waals surface area contributed by atoms with E-state index in [2.05, 4.69) is 33.9 Å². The van der Waals surface area contributed by atoms with E-state index in [1.165, 1.54) is 0 Å². The number of nitrogens with zero attached hydrogens (tertiary/aromatic N) is 5. The minimum absolute atomic E-state index is 0.184. The summed E-state index contributed by atoms with van der Waals surface area (Å²) in [7, 11) is 0.595. The Morgan fingerprint density at radius 2 is 1.62 bits per heavy atom. The molecule has 8 nitrogen and oxygen atoms in total. The molecule has 5 aromatic rings. The summed E-state index contributed by atoms with van der Waals surface area (Å²) in [6.07, 6.45) is 1.71. The van der Waals surface area contributed by atoms with Crippen LogP contribution in [0.1, 0.15) is 23.6 Å². The SMILES string of the molecule is CN(C)c1ccc(C2CC(c3cccc(NS(C)(=O)=O)c3)=NN2c2nc(-c3ccccc3)c3cc(Cl)ccc3n2)cc1. The van der Waals surface area contributed by atoms with Gasteiger partial charge in [-0.15, -0.1) is 0 Å². The second kappa shape index (κ2) is 11.1. The van der Waals surface area contributed by atoms with Crippen molar-refractivity contribution < 1.29 is 8.42 Å². The van der Waals surface area contributed by atoms with Crippen LogP contribution in [0, 0.1) is 0 Å². The van der Waals surface area contributed by atoms with E-state index in [1.807, 2.05) is 79.8 Å². The van der Waals surface area contributed by atoms with Gasteiger partial charge in [0.25, 0.3) is 0 Å². The molecular formula is C32H29ClN6O2S. The van der Waals surface area contributed by atoms with Crippen LogP contribution in [-0.2, 0) is 10.0 Å². The summed E-state index contributed by atoms with van der Waals surface area (Å²) in [5.74, 6) is 0.464. The molecule has 0 spiro atoms. The van der Waals surface area contributed by atoms with E-state index >= 15 is 0 Å². The highest BCUT2D eigenvalue weighted by atomic mass is 35.5. The molecule has 0 fully saturated rings. The molecule has 0 saturated carbocycles. The van der Waals surface area contributed by atoms with Crippen molar-refractivity contribution in [1.29, 1.82) is 0 Å². The summed E-state index contributed by atoms with van der Waals surface area (Å²) in [6.45, 7) is 0. The Balaban J connectivity index is 1.50. The van der Waals surface area contributed by atoms with E-state index < -0.39 is 10.0 Å². The molecule has 1 aromatic heterocycles. The van der Waals surface area contributed by atoms with Crippen LogP contribution in [0.25, 0.3) is 22.2 Å². The molecule has 0 radical (unpaired) electrons. The maximum absolute atomic E-state index is 11.9. The van der Waals surface area contributed by atoms with Gasteiger partial charge in [-0.2, -0.15) is 5.10 Å². The fourth-order valence-electron chi connectivity index (χ4n) is 5.11. The van der Waals surface area contributed by atoms with Gasteiger partial charge in [0, 0.05) is 47.9 Å². The molecule has 1 N–H and O–H groups in total. The number of anilines is 3. The first-order chi connectivity index (χ1) is 20.1. The zero-order valence-electron chi connectivity index (χ0n) is 23.4. The quantitative estimate of drug-likeness (QED) is 0.224. The number of aromatic nitrogens is 2. The van der Waals surface area contributed by atoms with Crippen molar-refractivity contribution in [3.8, 4) is 11.3 Å². The number of benzene rings is 4. The fraction of sp³-hybridized carbons (Fsp3) is 0.156. The van der Waals surface area contributed by atoms with E-state index in [4.69, 9.17) is 26.7 Å². The van der Waals surface area contributed by atoms with Crippen molar-refractivity contribution in [3.05, 3.63) is 113 Å². The zero-order valence-corrected chi connectivity index (χ0v) is 24.9. The topological polar surface area (TPSA) is 90.8 Å². The minimum atomic E-state index is -3.42. The lowest BCUT2D eigenvalue weighted by Gasteiger charge is -2.23. The van der Waals surface area contributed by atoms with Crippen LogP contribution < -0.4 is 14.6 Å². The largest absolute Gasteiger partial charge is 0.378 e. The second-order valence-corrected chi connectivity index (χ2v) is 12.6. The number of rotatable bonds is 7. The maximum Gasteiger partial charge on any atom is 0.247 e. The minimum Gasteiger partial charge on any atom is -0.378 e. The summed E-state index contributed by atoms with van der Waals surface area (Å²) in [5.41, 5.74) is 6.72. The summed E-state index contributed by atoms with van der Waals surface area (Å²) in [6, 6.07) is 31.0. The van der Waals surface area contributed by atoms with Crippen LogP contribution in [-0.4, -0.2) is 44.4 Å². The van der Waals surface area contributed by atoms with Gasteiger partial charge in [0.15, 0.2) is 0 Å². The lowest BCUT2D eigenvalue weighted by molar-refractivity contribution is 0.607. The molecule has 4 aromatic carbocycles. The molecule has 1 aliphatic rings. The Bertz CT molecular complexity index is 1910. The number of halogens is 1. The van der Waals surface area contributed by atoms with Crippen LogP contribution in [0.2, 0.25) is 5.02 Å². The molecule has 2 heterocycles. The Labute approximate surface area is 250 Å². The monoisotopic (exact) mass is 596 g/mol. The average Bonchev–Trinajstić information content (AvgIpc) is 3.42. The van der Waals surface area contributed by atoms with Gasteiger partial charge in [0.05, 0.1) is 29.2 Å². The van der Waals surface area contributed by atoms with Crippen LogP contribution in [0.3, 0.4) is 0 Å². The second-order valence-electron chi connectivity index (χ2n) is 10.5. The fourth-order valence-corrected chi connectivity index (χ4v) is 5.83. The number of fused-ring (bicyclic) bond motifs is 1. The highest BCUT2D eigenvalue weighted by Gasteiger charge is 2.32. The smallest absolute Gasteiger partial charge is 0.247 e. The van der Waals surface area contributed by atoms with Gasteiger partial charge in [0.1, 0.15) is 0 Å². The van der Waals surface area contributed by atoms with Crippen molar-refractivity contribution in [2.45, 2.75) is 12.5 Å². The third-order valence-corrected chi connectivity index (χ3v) is 7.94. The Kier molecular flexibility index (Phi) is 7.30. The molecule has 42 heavy (non-hydrogen) atoms. The molecular weight excluding hydrogens is 568 g/mol. The van der Waals surface area contributed by atoms with E-state index in [0.29, 0.717) is 23.1 Å². The number of hydrogen-bond acceptors (Lipinski definition) is 7. The molecule has 10 heteroatoms. The number of sulfonamides is 1. The Morgan fingerprint density at radius 3 is 2.33 bits per heavy atom. The predicted molar refractivity (Wildman–Crippen MR) is 172 cm³/mol. The van der Waals surface area contributed by atoms with Crippen molar-refractivity contribution >= 4 is 55.6 Å². The third kappa shape index (κ3) is 5.79. The van der Waals surface area contributed by atoms with Crippen molar-refractivity contribution in [1.82, 2.24) is 9.97 Å². The first-order valence-electron chi connectivity index (χ1n) is 13.4. The summed E-state index contributed by atoms with van der Waals surface area (Å²) < 4.78 is 26.3. The highest BCUT2D eigenvalue weighted by molar-refractivity contribution is 7.92. The Morgan fingerprint density at radius 1 is 0.881 bits per heavy atom. The molecule has 1 aliphatic heterocycles. The van der Waals surface area contributed by atoms with Crippen LogP contribution in [0.5, 0.6) is 0 Å². The van der Waals surface area contributed by atoms with Gasteiger partial charge in [-0.25, -0.2) is 23.4 Å². The molecule has 1 atom stereocenters. The van der Waals surface area contributed by atoms with Gasteiger partial charge in [0.2, 0.25) is 16.0 Å². The predicted octanol–water partition coefficient (Wildman–Crippen LogP) is 6.74. The van der Waals surface area contributed by atoms with Gasteiger partial charge >= 0.3 is 0 Å². The number of hydrazone groups is 1. The standard InChI is InChI=1S/C32H29ClN6O2S/c1-38(2)26-15-12-21(13-16-26)30-20-29(23-10-7-11-25(18-23)37-42(3,40)41)36-39(30)32-34-28-17-14-24(33)19-27(28)31(35-32)22-8-5-4-6-9-22/h4-19,30,37H,20H2,1-3H3. The van der Waals surface area contributed by atoms with Crippen molar-refractivity contribution in [2.75, 3.05) is 35.0 Å². The summed E-state index contributed by atoms with van der Waals surface area (Å²) >= 11 is 6.39. The maximum atomic E-state index is 11.9. The van der Waals surface area contributed by atoms with E-state index in [9.17, 15) is 8.42 Å². The summed E-state index contributed by atoms with van der Waals surface area (Å²) in [5, 5.41) is 8.39. The van der Waals surface area contributed by atoms with E-state index in [-0.39, 0.29) is 6.04 Å². The molecule has 0 aliphatic carbocycles. The van der Waals surface area contributed by atoms with E-state index in [1.54, 1.807) is 12.1 Å². The third-order valence-electron chi connectivity index (χ3n) is 7.10. The molecule has 0 saturated heterocycles. The highest BCUT2D eigenvalue weighted by Crippen LogP contribution is 2.38. The van der Waals surface area contributed by atoms with Crippen LogP contribution in [0.15, 0.2) is 102 Å². The summed E-state index contributed by atoms with van der Waals surface area (Å²) in [4.78, 5) is 12.1. The first kappa shape index (κ1) is 27.7. The lowest BCUT2D eigenvalue weighted by atomic mass is 9.98. The average molecular weight is 597 g/mol. The van der Waals surface area contributed by atoms with Crippen molar-refractivity contribution in [3.63, 3.8) is 0 Å². The lowest BCUT2D eigenvalue weighted by Crippen LogP contribution is -2.21. The molecule has 212 valence electrons. The zero-order chi connectivity index (χ0) is 29.4. The van der Waals surface area contributed by atoms with Gasteiger partial charge in [-0.05, 0) is 53.6 Å². The molecule has 6 rings (SSSR count). The molecule has 0 amide bonds. The first-order valence-corrected chi connectivity index (χ1v) is 15.7. The number of nitrogens with one attached hydrogen (secondary N) is 1.